The lowest BCUT2D eigenvalue weighted by molar-refractivity contribution is 0.0939. The van der Waals surface area contributed by atoms with Gasteiger partial charge in [0.1, 0.15) is 12.2 Å². The molecule has 0 saturated heterocycles. The number of aromatic amines is 1. The summed E-state index contributed by atoms with van der Waals surface area (Å²) < 4.78 is 1.83. The van der Waals surface area contributed by atoms with Gasteiger partial charge in [-0.25, -0.2) is 9.97 Å². The fourth-order valence-corrected chi connectivity index (χ4v) is 1.12. The number of aromatic nitrogens is 5. The summed E-state index contributed by atoms with van der Waals surface area (Å²) in [6, 6.07) is 0. The summed E-state index contributed by atoms with van der Waals surface area (Å²) in [4.78, 5) is 19.2. The van der Waals surface area contributed by atoms with Crippen LogP contribution in [0.15, 0.2) is 18.7 Å². The van der Waals surface area contributed by atoms with E-state index < -0.39 is 0 Å². The maximum Gasteiger partial charge on any atom is 0.288 e. The predicted molar refractivity (Wildman–Crippen MR) is 50.8 cm³/mol. The van der Waals surface area contributed by atoms with Crippen LogP contribution < -0.4 is 5.32 Å². The Bertz CT molecular complexity index is 445. The van der Waals surface area contributed by atoms with Crippen molar-refractivity contribution in [3.63, 3.8) is 0 Å². The average molecular weight is 206 g/mol. The van der Waals surface area contributed by atoms with E-state index in [0.29, 0.717) is 6.54 Å². The molecule has 7 nitrogen and oxygen atoms in total. The van der Waals surface area contributed by atoms with Crippen molar-refractivity contribution >= 4 is 5.91 Å². The van der Waals surface area contributed by atoms with Crippen LogP contribution in [0.25, 0.3) is 0 Å². The molecule has 2 aromatic heterocycles. The smallest absolute Gasteiger partial charge is 0.288 e. The summed E-state index contributed by atoms with van der Waals surface area (Å²) in [5.41, 5.74) is 0. The standard InChI is InChI=1S/C8H10N6O/c1-14-3-2-9-6(14)4-10-8(15)7-11-5-12-13-7/h2-3,5H,4H2,1H3,(H,10,15)(H,11,12,13). The van der Waals surface area contributed by atoms with Gasteiger partial charge in [-0.15, -0.1) is 0 Å². The SMILES string of the molecule is Cn1ccnc1CNC(=O)c1ncn[nH]1. The summed E-state index contributed by atoms with van der Waals surface area (Å²) in [7, 11) is 1.86. The number of aryl methyl sites for hydroxylation is 1. The van der Waals surface area contributed by atoms with Crippen LogP contribution in [0.2, 0.25) is 0 Å². The number of hydrogen-bond acceptors (Lipinski definition) is 4. The zero-order valence-corrected chi connectivity index (χ0v) is 8.14. The van der Waals surface area contributed by atoms with Crippen LogP contribution in [-0.2, 0) is 13.6 Å². The molecule has 2 heterocycles. The molecule has 0 aliphatic rings. The Balaban J connectivity index is 1.95. The van der Waals surface area contributed by atoms with Gasteiger partial charge >= 0.3 is 0 Å². The van der Waals surface area contributed by atoms with Crippen molar-refractivity contribution in [3.8, 4) is 0 Å². The highest BCUT2D eigenvalue weighted by Gasteiger charge is 2.08. The lowest BCUT2D eigenvalue weighted by atomic mass is 10.5. The molecule has 1 amide bonds. The van der Waals surface area contributed by atoms with Crippen LogP contribution in [-0.4, -0.2) is 30.6 Å². The van der Waals surface area contributed by atoms with Gasteiger partial charge in [-0.2, -0.15) is 5.10 Å². The molecule has 0 spiro atoms. The van der Waals surface area contributed by atoms with E-state index in [1.807, 2.05) is 17.8 Å². The number of rotatable bonds is 3. The predicted octanol–water partition coefficient (Wildman–Crippen LogP) is -0.532. The molecular weight excluding hydrogens is 196 g/mol. The minimum Gasteiger partial charge on any atom is -0.342 e. The highest BCUT2D eigenvalue weighted by atomic mass is 16.2. The highest BCUT2D eigenvalue weighted by Crippen LogP contribution is 1.94. The molecule has 15 heavy (non-hydrogen) atoms. The van der Waals surface area contributed by atoms with Crippen LogP contribution in [0.5, 0.6) is 0 Å². The van der Waals surface area contributed by atoms with Crippen molar-refractivity contribution in [3.05, 3.63) is 30.4 Å². The fraction of sp³-hybridized carbons (Fsp3) is 0.250. The maximum absolute atomic E-state index is 11.4. The summed E-state index contributed by atoms with van der Waals surface area (Å²) in [5, 5.41) is 8.74. The molecule has 0 aliphatic carbocycles. The van der Waals surface area contributed by atoms with E-state index in [9.17, 15) is 4.79 Å². The van der Waals surface area contributed by atoms with Crippen molar-refractivity contribution < 1.29 is 4.79 Å². The van der Waals surface area contributed by atoms with Gasteiger partial charge in [0.2, 0.25) is 5.82 Å². The molecule has 0 aromatic carbocycles. The van der Waals surface area contributed by atoms with Gasteiger partial charge in [0.25, 0.3) is 5.91 Å². The second-order valence-electron chi connectivity index (χ2n) is 2.97. The lowest BCUT2D eigenvalue weighted by Crippen LogP contribution is -2.25. The molecular formula is C8H10N6O. The van der Waals surface area contributed by atoms with Crippen LogP contribution in [0.3, 0.4) is 0 Å². The van der Waals surface area contributed by atoms with Crippen molar-refractivity contribution in [1.29, 1.82) is 0 Å². The third kappa shape index (κ3) is 2.01. The number of amides is 1. The Morgan fingerprint density at radius 1 is 1.60 bits per heavy atom. The summed E-state index contributed by atoms with van der Waals surface area (Å²) in [6.07, 6.45) is 4.78. The van der Waals surface area contributed by atoms with Crippen LogP contribution in [0.1, 0.15) is 16.4 Å². The second kappa shape index (κ2) is 3.91. The molecule has 78 valence electrons. The molecule has 2 rings (SSSR count). The Morgan fingerprint density at radius 3 is 3.07 bits per heavy atom. The number of imidazole rings is 1. The third-order valence-electron chi connectivity index (χ3n) is 1.96. The van der Waals surface area contributed by atoms with Crippen molar-refractivity contribution in [2.75, 3.05) is 0 Å². The zero-order chi connectivity index (χ0) is 10.7. The van der Waals surface area contributed by atoms with E-state index in [2.05, 4.69) is 25.5 Å². The van der Waals surface area contributed by atoms with Crippen molar-refractivity contribution in [2.45, 2.75) is 6.54 Å². The first-order valence-corrected chi connectivity index (χ1v) is 4.37. The number of H-pyrrole nitrogens is 1. The van der Waals surface area contributed by atoms with E-state index in [0.717, 1.165) is 5.82 Å². The summed E-state index contributed by atoms with van der Waals surface area (Å²) in [6.45, 7) is 0.364. The van der Waals surface area contributed by atoms with Crippen LogP contribution >= 0.6 is 0 Å². The Hall–Kier alpha value is -2.18. The van der Waals surface area contributed by atoms with Gasteiger partial charge < -0.3 is 9.88 Å². The number of hydrogen-bond donors (Lipinski definition) is 2. The first kappa shape index (κ1) is 9.38. The van der Waals surface area contributed by atoms with E-state index in [1.165, 1.54) is 6.33 Å². The lowest BCUT2D eigenvalue weighted by Gasteiger charge is -2.02. The maximum atomic E-state index is 11.4. The fourth-order valence-electron chi connectivity index (χ4n) is 1.12. The molecule has 2 N–H and O–H groups in total. The molecule has 0 saturated carbocycles. The third-order valence-corrected chi connectivity index (χ3v) is 1.96. The highest BCUT2D eigenvalue weighted by molar-refractivity contribution is 5.90. The number of carbonyl (C=O) groups excluding carboxylic acids is 1. The summed E-state index contributed by atoms with van der Waals surface area (Å²) in [5.74, 6) is 0.683. The van der Waals surface area contributed by atoms with Gasteiger partial charge in [-0.1, -0.05) is 0 Å². The first-order chi connectivity index (χ1) is 7.27. The molecule has 0 fully saturated rings. The zero-order valence-electron chi connectivity index (χ0n) is 8.14. The number of nitrogens with zero attached hydrogens (tertiary/aromatic N) is 4. The normalized spacial score (nSPS) is 10.2. The molecule has 2 aromatic rings. The molecule has 0 bridgehead atoms. The van der Waals surface area contributed by atoms with Gasteiger partial charge in [0.05, 0.1) is 6.54 Å². The topological polar surface area (TPSA) is 88.5 Å². The molecule has 0 radical (unpaired) electrons. The van der Waals surface area contributed by atoms with Gasteiger partial charge in [-0.05, 0) is 0 Å². The largest absolute Gasteiger partial charge is 0.342 e. The quantitative estimate of drug-likeness (QED) is 0.706. The van der Waals surface area contributed by atoms with Crippen molar-refractivity contribution in [1.82, 2.24) is 30.0 Å². The van der Waals surface area contributed by atoms with Gasteiger partial charge in [0, 0.05) is 19.4 Å². The molecule has 0 atom stereocenters. The van der Waals surface area contributed by atoms with E-state index in [-0.39, 0.29) is 11.7 Å². The van der Waals surface area contributed by atoms with Crippen LogP contribution in [0.4, 0.5) is 0 Å². The molecule has 0 aliphatic heterocycles. The van der Waals surface area contributed by atoms with Gasteiger partial charge in [0.15, 0.2) is 0 Å². The van der Waals surface area contributed by atoms with Gasteiger partial charge in [-0.3, -0.25) is 9.89 Å². The summed E-state index contributed by atoms with van der Waals surface area (Å²) >= 11 is 0. The second-order valence-corrected chi connectivity index (χ2v) is 2.97. The van der Waals surface area contributed by atoms with E-state index in [1.54, 1.807) is 6.20 Å². The van der Waals surface area contributed by atoms with E-state index >= 15 is 0 Å². The van der Waals surface area contributed by atoms with E-state index in [4.69, 9.17) is 0 Å². The first-order valence-electron chi connectivity index (χ1n) is 4.37. The Labute approximate surface area is 85.6 Å². The molecule has 0 unspecified atom stereocenters. The Morgan fingerprint density at radius 2 is 2.47 bits per heavy atom. The minimum absolute atomic E-state index is 0.198. The molecule has 7 heteroatoms. The minimum atomic E-state index is -0.296. The Kier molecular flexibility index (Phi) is 2.44. The number of carbonyl (C=O) groups is 1. The van der Waals surface area contributed by atoms with Crippen molar-refractivity contribution in [2.24, 2.45) is 7.05 Å². The average Bonchev–Trinajstić information content (AvgIpc) is 2.85. The van der Waals surface area contributed by atoms with Crippen LogP contribution in [0, 0.1) is 0 Å². The monoisotopic (exact) mass is 206 g/mol. The number of nitrogens with one attached hydrogen (secondary N) is 2.